The van der Waals surface area contributed by atoms with Gasteiger partial charge in [-0.15, -0.1) is 0 Å². The summed E-state index contributed by atoms with van der Waals surface area (Å²) in [4.78, 5) is 4.14. The summed E-state index contributed by atoms with van der Waals surface area (Å²) < 4.78 is 0. The lowest BCUT2D eigenvalue weighted by Crippen LogP contribution is -2.38. The van der Waals surface area contributed by atoms with Gasteiger partial charge in [-0.3, -0.25) is 0 Å². The van der Waals surface area contributed by atoms with Crippen molar-refractivity contribution in [2.45, 2.75) is 32.7 Å². The van der Waals surface area contributed by atoms with Crippen LogP contribution >= 0.6 is 11.6 Å². The molecule has 0 aromatic carbocycles. The number of hydrogen-bond acceptors (Lipinski definition) is 2. The number of pyridine rings is 1. The zero-order valence-electron chi connectivity index (χ0n) is 9.19. The Morgan fingerprint density at radius 3 is 2.57 bits per heavy atom. The minimum Gasteiger partial charge on any atom is -0.314 e. The largest absolute Gasteiger partial charge is 0.314 e. The molecule has 0 unspecified atom stereocenters. The van der Waals surface area contributed by atoms with Crippen LogP contribution in [0, 0.1) is 6.92 Å². The molecule has 1 aromatic rings. The van der Waals surface area contributed by atoms with Crippen LogP contribution in [0.1, 0.15) is 25.1 Å². The molecule has 0 atom stereocenters. The third-order valence-corrected chi connectivity index (χ3v) is 2.50. The second kappa shape index (κ2) is 4.28. The van der Waals surface area contributed by atoms with Crippen molar-refractivity contribution in [3.8, 4) is 0 Å². The number of rotatable bonds is 3. The molecule has 1 N–H and O–H groups in total. The monoisotopic (exact) mass is 212 g/mol. The van der Waals surface area contributed by atoms with Crippen LogP contribution in [0.3, 0.4) is 0 Å². The van der Waals surface area contributed by atoms with Gasteiger partial charge < -0.3 is 5.32 Å². The average Bonchev–Trinajstić information content (AvgIpc) is 2.01. The molecule has 0 aliphatic heterocycles. The van der Waals surface area contributed by atoms with Gasteiger partial charge in [0.05, 0.1) is 0 Å². The van der Waals surface area contributed by atoms with E-state index in [1.54, 1.807) is 0 Å². The van der Waals surface area contributed by atoms with E-state index in [1.807, 2.05) is 20.0 Å². The fraction of sp³-hybridized carbons (Fsp3) is 0.545. The Morgan fingerprint density at radius 1 is 1.43 bits per heavy atom. The Hall–Kier alpha value is -0.600. The zero-order chi connectivity index (χ0) is 10.8. The van der Waals surface area contributed by atoms with E-state index in [0.29, 0.717) is 5.15 Å². The fourth-order valence-corrected chi connectivity index (χ4v) is 1.67. The van der Waals surface area contributed by atoms with E-state index >= 15 is 0 Å². The molecule has 0 amide bonds. The van der Waals surface area contributed by atoms with Crippen molar-refractivity contribution in [3.05, 3.63) is 28.5 Å². The molecule has 78 valence electrons. The highest BCUT2D eigenvalue weighted by Gasteiger charge is 2.15. The maximum Gasteiger partial charge on any atom is 0.129 e. The maximum absolute atomic E-state index is 5.89. The smallest absolute Gasteiger partial charge is 0.129 e. The molecule has 3 heteroatoms. The van der Waals surface area contributed by atoms with Gasteiger partial charge in [-0.25, -0.2) is 4.98 Å². The molecule has 1 aromatic heterocycles. The van der Waals surface area contributed by atoms with Crippen molar-refractivity contribution in [2.24, 2.45) is 0 Å². The van der Waals surface area contributed by atoms with Crippen LogP contribution in [-0.2, 0) is 6.42 Å². The highest BCUT2D eigenvalue weighted by atomic mass is 35.5. The number of nitrogens with one attached hydrogen (secondary N) is 1. The van der Waals surface area contributed by atoms with Crippen LogP contribution in [0.5, 0.6) is 0 Å². The molecule has 0 saturated carbocycles. The molecule has 14 heavy (non-hydrogen) atoms. The minimum atomic E-state index is 0.0944. The lowest BCUT2D eigenvalue weighted by molar-refractivity contribution is 0.422. The zero-order valence-corrected chi connectivity index (χ0v) is 9.94. The van der Waals surface area contributed by atoms with Crippen molar-refractivity contribution in [3.63, 3.8) is 0 Å². The maximum atomic E-state index is 5.89. The lowest BCUT2D eigenvalue weighted by atomic mass is 9.95. The average molecular weight is 213 g/mol. The Morgan fingerprint density at radius 2 is 2.07 bits per heavy atom. The van der Waals surface area contributed by atoms with Gasteiger partial charge in [0.25, 0.3) is 0 Å². The quantitative estimate of drug-likeness (QED) is 0.780. The second-order valence-corrected chi connectivity index (χ2v) is 4.64. The highest BCUT2D eigenvalue weighted by molar-refractivity contribution is 6.29. The summed E-state index contributed by atoms with van der Waals surface area (Å²) in [6.45, 7) is 6.29. The van der Waals surface area contributed by atoms with E-state index in [2.05, 4.69) is 30.2 Å². The number of aryl methyl sites for hydroxylation is 1. The van der Waals surface area contributed by atoms with Crippen LogP contribution in [0.15, 0.2) is 12.1 Å². The highest BCUT2D eigenvalue weighted by Crippen LogP contribution is 2.16. The Kier molecular flexibility index (Phi) is 3.51. The van der Waals surface area contributed by atoms with Crippen molar-refractivity contribution < 1.29 is 0 Å². The summed E-state index contributed by atoms with van der Waals surface area (Å²) in [6.07, 6.45) is 0.951. The minimum absolute atomic E-state index is 0.0944. The summed E-state index contributed by atoms with van der Waals surface area (Å²) in [5, 5.41) is 3.84. The number of hydrogen-bond donors (Lipinski definition) is 1. The standard InChI is InChI=1S/C11H17ClN2/c1-8-5-9(6-10(12)14-8)7-11(2,3)13-4/h5-6,13H,7H2,1-4H3. The van der Waals surface area contributed by atoms with Crippen molar-refractivity contribution >= 4 is 11.6 Å². The molecule has 0 radical (unpaired) electrons. The summed E-state index contributed by atoms with van der Waals surface area (Å²) in [5.41, 5.74) is 2.29. The van der Waals surface area contributed by atoms with E-state index in [0.717, 1.165) is 12.1 Å². The van der Waals surface area contributed by atoms with E-state index in [-0.39, 0.29) is 5.54 Å². The molecule has 2 nitrogen and oxygen atoms in total. The molecule has 0 spiro atoms. The van der Waals surface area contributed by atoms with E-state index < -0.39 is 0 Å². The third-order valence-electron chi connectivity index (χ3n) is 2.30. The molecule has 0 aliphatic carbocycles. The first-order chi connectivity index (χ1) is 6.43. The van der Waals surface area contributed by atoms with Gasteiger partial charge in [-0.2, -0.15) is 0 Å². The van der Waals surface area contributed by atoms with Gasteiger partial charge in [-0.05, 0) is 51.9 Å². The lowest BCUT2D eigenvalue weighted by Gasteiger charge is -2.24. The van der Waals surface area contributed by atoms with E-state index in [4.69, 9.17) is 11.6 Å². The van der Waals surface area contributed by atoms with Crippen molar-refractivity contribution in [2.75, 3.05) is 7.05 Å². The first-order valence-electron chi connectivity index (χ1n) is 4.75. The van der Waals surface area contributed by atoms with Gasteiger partial charge in [0.15, 0.2) is 0 Å². The molecule has 0 fully saturated rings. The van der Waals surface area contributed by atoms with Crippen LogP contribution in [0.2, 0.25) is 5.15 Å². The summed E-state index contributed by atoms with van der Waals surface area (Å²) >= 11 is 5.89. The molecule has 0 saturated heterocycles. The first kappa shape index (κ1) is 11.5. The Balaban J connectivity index is 2.87. The molecule has 0 bridgehead atoms. The molecule has 1 rings (SSSR count). The van der Waals surface area contributed by atoms with Gasteiger partial charge in [0.1, 0.15) is 5.15 Å². The van der Waals surface area contributed by atoms with Crippen LogP contribution in [0.4, 0.5) is 0 Å². The van der Waals surface area contributed by atoms with E-state index in [9.17, 15) is 0 Å². The predicted molar refractivity (Wildman–Crippen MR) is 60.8 cm³/mol. The molecule has 1 heterocycles. The molecule has 0 aliphatic rings. The number of nitrogens with zero attached hydrogens (tertiary/aromatic N) is 1. The van der Waals surface area contributed by atoms with Crippen LogP contribution in [0.25, 0.3) is 0 Å². The van der Waals surface area contributed by atoms with Crippen LogP contribution < -0.4 is 5.32 Å². The summed E-state index contributed by atoms with van der Waals surface area (Å²) in [6, 6.07) is 4.00. The summed E-state index contributed by atoms with van der Waals surface area (Å²) in [7, 11) is 1.97. The first-order valence-corrected chi connectivity index (χ1v) is 5.13. The van der Waals surface area contributed by atoms with Gasteiger partial charge in [0, 0.05) is 11.2 Å². The van der Waals surface area contributed by atoms with Crippen LogP contribution in [-0.4, -0.2) is 17.6 Å². The predicted octanol–water partition coefficient (Wildman–Crippen LogP) is 2.58. The summed E-state index contributed by atoms with van der Waals surface area (Å²) in [5.74, 6) is 0. The second-order valence-electron chi connectivity index (χ2n) is 4.25. The Bertz CT molecular complexity index is 301. The molecular formula is C11H17ClN2. The molecular weight excluding hydrogens is 196 g/mol. The normalized spacial score (nSPS) is 11.8. The topological polar surface area (TPSA) is 24.9 Å². The number of aromatic nitrogens is 1. The van der Waals surface area contributed by atoms with Gasteiger partial charge in [0.2, 0.25) is 0 Å². The van der Waals surface area contributed by atoms with Gasteiger partial charge in [-0.1, -0.05) is 11.6 Å². The third kappa shape index (κ3) is 3.28. The number of likely N-dealkylation sites (N-methyl/N-ethyl adjacent to an activating group) is 1. The Labute approximate surface area is 90.7 Å². The number of halogens is 1. The fourth-order valence-electron chi connectivity index (χ4n) is 1.40. The van der Waals surface area contributed by atoms with Gasteiger partial charge >= 0.3 is 0 Å². The van der Waals surface area contributed by atoms with Crippen molar-refractivity contribution in [1.82, 2.24) is 10.3 Å². The van der Waals surface area contributed by atoms with E-state index in [1.165, 1.54) is 5.56 Å². The SMILES string of the molecule is CNC(C)(C)Cc1cc(C)nc(Cl)c1. The van der Waals surface area contributed by atoms with Crippen molar-refractivity contribution in [1.29, 1.82) is 0 Å².